The van der Waals surface area contributed by atoms with Crippen LogP contribution in [0.1, 0.15) is 30.0 Å². The number of carbonyl (C=O) groups excluding carboxylic acids is 2. The number of ether oxygens (including phenoxy) is 2. The van der Waals surface area contributed by atoms with Crippen molar-refractivity contribution in [2.75, 3.05) is 32.8 Å². The van der Waals surface area contributed by atoms with Gasteiger partial charge in [-0.15, -0.1) is 0 Å². The Bertz CT molecular complexity index is 899. The third kappa shape index (κ3) is 6.45. The Hall–Kier alpha value is -3.08. The lowest BCUT2D eigenvalue weighted by molar-refractivity contribution is -0.139. The second-order valence-corrected chi connectivity index (χ2v) is 7.05. The van der Waals surface area contributed by atoms with Crippen LogP contribution in [0.15, 0.2) is 30.3 Å². The molecular formula is C20H23F3N4O4. The second kappa shape index (κ2) is 9.82. The molecule has 0 spiro atoms. The van der Waals surface area contributed by atoms with Crippen molar-refractivity contribution in [2.24, 2.45) is 0 Å². The molecular weight excluding hydrogens is 417 g/mol. The van der Waals surface area contributed by atoms with Gasteiger partial charge in [-0.25, -0.2) is 0 Å². The molecule has 2 heterocycles. The van der Waals surface area contributed by atoms with Crippen LogP contribution < -0.4 is 10.1 Å². The molecule has 0 bridgehead atoms. The fourth-order valence-corrected chi connectivity index (χ4v) is 3.06. The van der Waals surface area contributed by atoms with E-state index in [9.17, 15) is 22.8 Å². The minimum Gasteiger partial charge on any atom is -0.493 e. The smallest absolute Gasteiger partial charge is 0.416 e. The Morgan fingerprint density at radius 1 is 1.32 bits per heavy atom. The van der Waals surface area contributed by atoms with Crippen molar-refractivity contribution in [3.8, 4) is 5.75 Å². The zero-order chi connectivity index (χ0) is 22.4. The number of halogens is 3. The molecule has 0 saturated carbocycles. The third-order valence-corrected chi connectivity index (χ3v) is 4.71. The first-order valence-electron chi connectivity index (χ1n) is 9.70. The van der Waals surface area contributed by atoms with Crippen LogP contribution in [0.25, 0.3) is 0 Å². The lowest BCUT2D eigenvalue weighted by Gasteiger charge is -2.32. The molecule has 1 aromatic carbocycles. The molecule has 2 aromatic rings. The SMILES string of the molecule is CC(=O)NCC(=O)N1CCO[C@H](c2cc(CCOc3ccc(C(F)(F)F)cc3)[nH]n2)C1. The van der Waals surface area contributed by atoms with Gasteiger partial charge in [-0.3, -0.25) is 14.7 Å². The molecule has 1 saturated heterocycles. The summed E-state index contributed by atoms with van der Waals surface area (Å²) >= 11 is 0. The fourth-order valence-electron chi connectivity index (χ4n) is 3.06. The second-order valence-electron chi connectivity index (χ2n) is 7.05. The van der Waals surface area contributed by atoms with E-state index in [1.165, 1.54) is 19.1 Å². The van der Waals surface area contributed by atoms with Crippen molar-refractivity contribution >= 4 is 11.8 Å². The Morgan fingerprint density at radius 2 is 2.06 bits per heavy atom. The minimum absolute atomic E-state index is 0.0604. The predicted octanol–water partition coefficient (Wildman–Crippen LogP) is 2.09. The van der Waals surface area contributed by atoms with Gasteiger partial charge in [0.2, 0.25) is 11.8 Å². The quantitative estimate of drug-likeness (QED) is 0.687. The van der Waals surface area contributed by atoms with Crippen molar-refractivity contribution in [2.45, 2.75) is 25.6 Å². The molecule has 3 rings (SSSR count). The Balaban J connectivity index is 1.48. The molecule has 1 aliphatic rings. The predicted molar refractivity (Wildman–Crippen MR) is 103 cm³/mol. The maximum atomic E-state index is 12.6. The van der Waals surface area contributed by atoms with E-state index < -0.39 is 17.8 Å². The number of nitrogens with one attached hydrogen (secondary N) is 2. The highest BCUT2D eigenvalue weighted by Gasteiger charge is 2.30. The Labute approximate surface area is 176 Å². The Kier molecular flexibility index (Phi) is 7.16. The third-order valence-electron chi connectivity index (χ3n) is 4.71. The maximum Gasteiger partial charge on any atom is 0.416 e. The lowest BCUT2D eigenvalue weighted by atomic mass is 10.2. The largest absolute Gasteiger partial charge is 0.493 e. The lowest BCUT2D eigenvalue weighted by Crippen LogP contribution is -2.46. The number of aromatic amines is 1. The van der Waals surface area contributed by atoms with Gasteiger partial charge >= 0.3 is 6.18 Å². The first-order chi connectivity index (χ1) is 14.7. The molecule has 2 N–H and O–H groups in total. The van der Waals surface area contributed by atoms with Crippen LogP contribution in [-0.2, 0) is 26.9 Å². The van der Waals surface area contributed by atoms with Crippen LogP contribution in [0.2, 0.25) is 0 Å². The van der Waals surface area contributed by atoms with E-state index in [-0.39, 0.29) is 25.0 Å². The van der Waals surface area contributed by atoms with Crippen LogP contribution in [0.3, 0.4) is 0 Å². The van der Waals surface area contributed by atoms with E-state index >= 15 is 0 Å². The summed E-state index contributed by atoms with van der Waals surface area (Å²) in [5.74, 6) is -0.116. The Morgan fingerprint density at radius 3 is 2.74 bits per heavy atom. The number of alkyl halides is 3. The highest BCUT2D eigenvalue weighted by atomic mass is 19.4. The number of hydrogen-bond donors (Lipinski definition) is 2. The van der Waals surface area contributed by atoms with E-state index in [0.29, 0.717) is 37.6 Å². The molecule has 0 unspecified atom stereocenters. The van der Waals surface area contributed by atoms with E-state index in [2.05, 4.69) is 15.5 Å². The summed E-state index contributed by atoms with van der Waals surface area (Å²) in [5, 5.41) is 9.60. The number of hydrogen-bond acceptors (Lipinski definition) is 5. The van der Waals surface area contributed by atoms with Crippen molar-refractivity contribution in [1.29, 1.82) is 0 Å². The standard InChI is InChI=1S/C20H23F3N4O4/c1-13(28)24-11-19(29)27-7-9-31-18(12-27)17-10-15(25-26-17)6-8-30-16-4-2-14(3-5-16)20(21,22)23/h2-5,10,18H,6-9,11-12H2,1H3,(H,24,28)(H,25,26)/t18-/m0/s1. The van der Waals surface area contributed by atoms with Gasteiger partial charge in [0.15, 0.2) is 0 Å². The molecule has 1 aliphatic heterocycles. The number of H-pyrrole nitrogens is 1. The molecule has 0 radical (unpaired) electrons. The molecule has 8 nitrogen and oxygen atoms in total. The number of benzene rings is 1. The minimum atomic E-state index is -4.38. The van der Waals surface area contributed by atoms with Crippen molar-refractivity contribution in [3.63, 3.8) is 0 Å². The molecule has 1 aromatic heterocycles. The fraction of sp³-hybridized carbons (Fsp3) is 0.450. The van der Waals surface area contributed by atoms with Gasteiger partial charge in [-0.2, -0.15) is 18.3 Å². The van der Waals surface area contributed by atoms with Crippen LogP contribution >= 0.6 is 0 Å². The summed E-state index contributed by atoms with van der Waals surface area (Å²) in [7, 11) is 0. The van der Waals surface area contributed by atoms with Crippen LogP contribution in [0.4, 0.5) is 13.2 Å². The number of carbonyl (C=O) groups is 2. The van der Waals surface area contributed by atoms with Crippen molar-refractivity contribution in [1.82, 2.24) is 20.4 Å². The zero-order valence-corrected chi connectivity index (χ0v) is 16.9. The molecule has 1 atom stereocenters. The summed E-state index contributed by atoms with van der Waals surface area (Å²) in [5.41, 5.74) is 0.684. The van der Waals surface area contributed by atoms with Crippen LogP contribution in [-0.4, -0.2) is 59.8 Å². The highest BCUT2D eigenvalue weighted by Crippen LogP contribution is 2.30. The van der Waals surface area contributed by atoms with E-state index in [0.717, 1.165) is 17.8 Å². The summed E-state index contributed by atoms with van der Waals surface area (Å²) in [6.07, 6.45) is -4.31. The van der Waals surface area contributed by atoms with Crippen molar-refractivity contribution < 1.29 is 32.2 Å². The first-order valence-corrected chi connectivity index (χ1v) is 9.70. The number of nitrogens with zero attached hydrogens (tertiary/aromatic N) is 2. The first kappa shape index (κ1) is 22.6. The molecule has 1 fully saturated rings. The van der Waals surface area contributed by atoms with Crippen molar-refractivity contribution in [3.05, 3.63) is 47.3 Å². The highest BCUT2D eigenvalue weighted by molar-refractivity contribution is 5.83. The molecule has 2 amide bonds. The summed E-state index contributed by atoms with van der Waals surface area (Å²) in [6.45, 7) is 2.66. The molecule has 31 heavy (non-hydrogen) atoms. The number of aromatic nitrogens is 2. The van der Waals surface area contributed by atoms with Gasteiger partial charge in [0, 0.05) is 25.6 Å². The van der Waals surface area contributed by atoms with Gasteiger partial charge < -0.3 is 19.7 Å². The van der Waals surface area contributed by atoms with E-state index in [4.69, 9.17) is 9.47 Å². The maximum absolute atomic E-state index is 12.6. The van der Waals surface area contributed by atoms with Crippen LogP contribution in [0.5, 0.6) is 5.75 Å². The molecule has 0 aliphatic carbocycles. The monoisotopic (exact) mass is 440 g/mol. The summed E-state index contributed by atoms with van der Waals surface area (Å²) < 4.78 is 49.0. The zero-order valence-electron chi connectivity index (χ0n) is 16.9. The average molecular weight is 440 g/mol. The van der Waals surface area contributed by atoms with Gasteiger partial charge in [-0.05, 0) is 30.3 Å². The van der Waals surface area contributed by atoms with Crippen LogP contribution in [0, 0.1) is 0 Å². The van der Waals surface area contributed by atoms with E-state index in [1.54, 1.807) is 4.90 Å². The van der Waals surface area contributed by atoms with Gasteiger partial charge in [0.25, 0.3) is 0 Å². The normalized spacial score (nSPS) is 16.8. The topological polar surface area (TPSA) is 96.5 Å². The number of morpholine rings is 1. The van der Waals surface area contributed by atoms with Gasteiger partial charge in [0.05, 0.1) is 37.6 Å². The molecule has 11 heteroatoms. The van der Waals surface area contributed by atoms with E-state index in [1.807, 2.05) is 6.07 Å². The van der Waals surface area contributed by atoms with Gasteiger partial charge in [0.1, 0.15) is 11.9 Å². The number of rotatable bonds is 7. The average Bonchev–Trinajstić information content (AvgIpc) is 3.21. The summed E-state index contributed by atoms with van der Waals surface area (Å²) in [6, 6.07) is 6.32. The summed E-state index contributed by atoms with van der Waals surface area (Å²) in [4.78, 5) is 24.8. The molecule has 168 valence electrons. The van der Waals surface area contributed by atoms with Gasteiger partial charge in [-0.1, -0.05) is 0 Å². The number of amides is 2.